The van der Waals surface area contributed by atoms with Crippen molar-refractivity contribution in [3.63, 3.8) is 0 Å². The molecule has 0 radical (unpaired) electrons. The topological polar surface area (TPSA) is 96.0 Å². The summed E-state index contributed by atoms with van der Waals surface area (Å²) in [6, 6.07) is 26.4. The van der Waals surface area contributed by atoms with Crippen molar-refractivity contribution >= 4 is 50.7 Å². The Kier molecular flexibility index (Phi) is 13.3. The first-order chi connectivity index (χ1) is 23.0. The first-order valence-electron chi connectivity index (χ1n) is 15.9. The molecule has 0 unspecified atom stereocenters. The molecule has 4 aromatic carbocycles. The fraction of sp³-hybridized carbons (Fsp3) is 0.297. The van der Waals surface area contributed by atoms with Crippen molar-refractivity contribution in [2.75, 3.05) is 24.0 Å². The molecule has 254 valence electrons. The van der Waals surface area contributed by atoms with Gasteiger partial charge in [0.2, 0.25) is 11.8 Å². The van der Waals surface area contributed by atoms with Crippen LogP contribution < -0.4 is 14.4 Å². The zero-order valence-electron chi connectivity index (χ0n) is 27.4. The number of aryl methyl sites for hydroxylation is 1. The first kappa shape index (κ1) is 36.8. The van der Waals surface area contributed by atoms with Crippen molar-refractivity contribution in [3.8, 4) is 5.75 Å². The van der Waals surface area contributed by atoms with Gasteiger partial charge in [-0.15, -0.1) is 0 Å². The van der Waals surface area contributed by atoms with Gasteiger partial charge in [-0.05, 0) is 79.9 Å². The third-order valence-corrected chi connectivity index (χ3v) is 10.3. The summed E-state index contributed by atoms with van der Waals surface area (Å²) in [5.74, 6) is -0.375. The van der Waals surface area contributed by atoms with Gasteiger partial charge in [-0.25, -0.2) is 8.42 Å². The molecule has 1 atom stereocenters. The van der Waals surface area contributed by atoms with Crippen molar-refractivity contribution in [3.05, 3.63) is 124 Å². The van der Waals surface area contributed by atoms with Gasteiger partial charge in [0.1, 0.15) is 18.3 Å². The van der Waals surface area contributed by atoms with Crippen LogP contribution in [0.5, 0.6) is 5.75 Å². The lowest BCUT2D eigenvalue weighted by molar-refractivity contribution is -0.140. The zero-order chi connectivity index (χ0) is 34.7. The fourth-order valence-electron chi connectivity index (χ4n) is 5.14. The summed E-state index contributed by atoms with van der Waals surface area (Å²) < 4.78 is 35.1. The molecule has 0 bridgehead atoms. The van der Waals surface area contributed by atoms with E-state index in [1.165, 1.54) is 17.0 Å². The van der Waals surface area contributed by atoms with Crippen molar-refractivity contribution in [1.82, 2.24) is 10.2 Å². The lowest BCUT2D eigenvalue weighted by Crippen LogP contribution is -2.53. The number of hydrogen-bond donors (Lipinski definition) is 1. The van der Waals surface area contributed by atoms with Crippen LogP contribution in [0.15, 0.2) is 102 Å². The Morgan fingerprint density at radius 3 is 2.17 bits per heavy atom. The predicted octanol–water partition coefficient (Wildman–Crippen LogP) is 7.45. The Hall–Kier alpha value is -4.05. The number of benzene rings is 4. The van der Waals surface area contributed by atoms with Crippen LogP contribution in [0.25, 0.3) is 0 Å². The average molecular weight is 711 g/mol. The number of nitrogens with zero attached hydrogens (tertiary/aromatic N) is 2. The second-order valence-corrected chi connectivity index (χ2v) is 14.0. The molecule has 8 nitrogen and oxygen atoms in total. The third-order valence-electron chi connectivity index (χ3n) is 7.76. The quantitative estimate of drug-likeness (QED) is 0.122. The number of anilines is 1. The zero-order valence-corrected chi connectivity index (χ0v) is 29.7. The van der Waals surface area contributed by atoms with Crippen molar-refractivity contribution in [2.24, 2.45) is 0 Å². The highest BCUT2D eigenvalue weighted by atomic mass is 35.5. The minimum atomic E-state index is -4.24. The van der Waals surface area contributed by atoms with Gasteiger partial charge in [-0.1, -0.05) is 90.6 Å². The lowest BCUT2D eigenvalue weighted by Gasteiger charge is -2.34. The molecule has 0 spiro atoms. The largest absolute Gasteiger partial charge is 0.494 e. The highest BCUT2D eigenvalue weighted by molar-refractivity contribution is 7.92. The predicted molar refractivity (Wildman–Crippen MR) is 192 cm³/mol. The molecule has 4 aromatic rings. The SMILES string of the molecule is CCCCNC(=O)[C@H](Cc1ccccc1)N(Cc1ccc(Cl)c(Cl)c1)C(=O)CN(c1ccc(C)cc1)S(=O)(=O)c1ccc(OCC)cc1. The summed E-state index contributed by atoms with van der Waals surface area (Å²) in [5.41, 5.74) is 2.71. The number of amides is 2. The second-order valence-electron chi connectivity index (χ2n) is 11.4. The second kappa shape index (κ2) is 17.4. The highest BCUT2D eigenvalue weighted by Gasteiger charge is 2.34. The lowest BCUT2D eigenvalue weighted by atomic mass is 10.0. The number of carbonyl (C=O) groups excluding carboxylic acids is 2. The van der Waals surface area contributed by atoms with E-state index in [9.17, 15) is 18.0 Å². The van der Waals surface area contributed by atoms with Crippen LogP contribution in [0.1, 0.15) is 43.4 Å². The number of rotatable bonds is 16. The molecule has 0 heterocycles. The Balaban J connectivity index is 1.79. The number of sulfonamides is 1. The Morgan fingerprint density at radius 1 is 0.854 bits per heavy atom. The van der Waals surface area contributed by atoms with E-state index in [-0.39, 0.29) is 23.8 Å². The molecule has 0 saturated heterocycles. The molecule has 0 saturated carbocycles. The molecule has 0 aliphatic heterocycles. The molecule has 0 aromatic heterocycles. The molecule has 48 heavy (non-hydrogen) atoms. The van der Waals surface area contributed by atoms with Gasteiger partial charge in [0.25, 0.3) is 10.0 Å². The standard InChI is InChI=1S/C37H41Cl2N3O5S/c1-4-6-22-40-37(44)35(24-28-10-8-7-9-11-28)41(25-29-14-21-33(38)34(39)23-29)36(43)26-42(30-15-12-27(3)13-16-30)48(45,46)32-19-17-31(18-20-32)47-5-2/h7-21,23,35H,4-6,22,24-26H2,1-3H3,(H,40,44)/t35-/m0/s1. The van der Waals surface area contributed by atoms with Crippen molar-refractivity contribution in [2.45, 2.75) is 57.5 Å². The maximum absolute atomic E-state index is 14.6. The van der Waals surface area contributed by atoms with E-state index >= 15 is 0 Å². The van der Waals surface area contributed by atoms with Crippen LogP contribution >= 0.6 is 23.2 Å². The number of hydrogen-bond acceptors (Lipinski definition) is 5. The minimum absolute atomic E-state index is 0.00601. The van der Waals surface area contributed by atoms with Gasteiger partial charge in [0.05, 0.1) is 27.2 Å². The number of carbonyl (C=O) groups is 2. The smallest absolute Gasteiger partial charge is 0.264 e. The Labute approximate surface area is 293 Å². The van der Waals surface area contributed by atoms with E-state index < -0.39 is 28.5 Å². The van der Waals surface area contributed by atoms with Gasteiger partial charge in [-0.3, -0.25) is 13.9 Å². The van der Waals surface area contributed by atoms with Crippen LogP contribution in [-0.2, 0) is 32.6 Å². The van der Waals surface area contributed by atoms with E-state index in [0.717, 1.165) is 28.3 Å². The normalized spacial score (nSPS) is 11.9. The van der Waals surface area contributed by atoms with Crippen LogP contribution in [0.3, 0.4) is 0 Å². The summed E-state index contributed by atoms with van der Waals surface area (Å²) in [6.07, 6.45) is 1.86. The molecule has 11 heteroatoms. The molecule has 4 rings (SSSR count). The molecule has 0 fully saturated rings. The minimum Gasteiger partial charge on any atom is -0.494 e. The maximum Gasteiger partial charge on any atom is 0.264 e. The molecule has 0 aliphatic carbocycles. The molecule has 2 amide bonds. The summed E-state index contributed by atoms with van der Waals surface area (Å²) in [5, 5.41) is 3.63. The summed E-state index contributed by atoms with van der Waals surface area (Å²) >= 11 is 12.6. The van der Waals surface area contributed by atoms with Gasteiger partial charge in [0, 0.05) is 19.5 Å². The number of halogens is 2. The Bertz CT molecular complexity index is 1770. The van der Waals surface area contributed by atoms with E-state index in [0.29, 0.717) is 40.2 Å². The van der Waals surface area contributed by atoms with Crippen LogP contribution in [-0.4, -0.2) is 50.9 Å². The highest BCUT2D eigenvalue weighted by Crippen LogP contribution is 2.28. The number of ether oxygens (including phenoxy) is 1. The summed E-state index contributed by atoms with van der Waals surface area (Å²) in [4.78, 5) is 29.9. The van der Waals surface area contributed by atoms with Gasteiger partial charge in [-0.2, -0.15) is 0 Å². The number of unbranched alkanes of at least 4 members (excludes halogenated alkanes) is 1. The van der Waals surface area contributed by atoms with Crippen LogP contribution in [0.2, 0.25) is 10.0 Å². The molecular weight excluding hydrogens is 669 g/mol. The van der Waals surface area contributed by atoms with Crippen molar-refractivity contribution in [1.29, 1.82) is 0 Å². The van der Waals surface area contributed by atoms with Gasteiger partial charge in [0.15, 0.2) is 0 Å². The number of nitrogens with one attached hydrogen (secondary N) is 1. The van der Waals surface area contributed by atoms with E-state index in [1.807, 2.05) is 51.1 Å². The fourth-order valence-corrected chi connectivity index (χ4v) is 6.87. The van der Waals surface area contributed by atoms with Gasteiger partial charge >= 0.3 is 0 Å². The first-order valence-corrected chi connectivity index (χ1v) is 18.1. The van der Waals surface area contributed by atoms with Crippen molar-refractivity contribution < 1.29 is 22.7 Å². The Morgan fingerprint density at radius 2 is 1.54 bits per heavy atom. The van der Waals surface area contributed by atoms with E-state index in [2.05, 4.69) is 5.32 Å². The summed E-state index contributed by atoms with van der Waals surface area (Å²) in [6.45, 7) is 6.06. The maximum atomic E-state index is 14.6. The van der Waals surface area contributed by atoms with E-state index in [4.69, 9.17) is 27.9 Å². The monoisotopic (exact) mass is 709 g/mol. The molecule has 1 N–H and O–H groups in total. The van der Waals surface area contributed by atoms with Crippen LogP contribution in [0.4, 0.5) is 5.69 Å². The molecular formula is C37H41Cl2N3O5S. The average Bonchev–Trinajstić information content (AvgIpc) is 3.08. The summed E-state index contributed by atoms with van der Waals surface area (Å²) in [7, 11) is -4.24. The van der Waals surface area contributed by atoms with Gasteiger partial charge < -0.3 is 15.0 Å². The van der Waals surface area contributed by atoms with E-state index in [1.54, 1.807) is 54.6 Å². The van der Waals surface area contributed by atoms with Crippen LogP contribution in [0, 0.1) is 6.92 Å². The third kappa shape index (κ3) is 9.75. The molecule has 0 aliphatic rings.